The average Bonchev–Trinajstić information content (AvgIpc) is 3.27. The monoisotopic (exact) mass is 425 g/mol. The molecule has 7 heteroatoms. The lowest BCUT2D eigenvalue weighted by Gasteiger charge is -2.25. The fourth-order valence-corrected chi connectivity index (χ4v) is 4.30. The van der Waals surface area contributed by atoms with Crippen molar-refractivity contribution in [2.45, 2.75) is 90.6 Å². The van der Waals surface area contributed by atoms with E-state index in [1.807, 2.05) is 24.8 Å². The van der Waals surface area contributed by atoms with Gasteiger partial charge in [-0.2, -0.15) is 0 Å². The number of aliphatic hydroxyl groups is 1. The van der Waals surface area contributed by atoms with Gasteiger partial charge >= 0.3 is 5.97 Å². The lowest BCUT2D eigenvalue weighted by atomic mass is 10.1. The Morgan fingerprint density at radius 3 is 2.83 bits per heavy atom. The molecule has 1 aromatic rings. The van der Waals surface area contributed by atoms with Gasteiger partial charge in [-0.3, -0.25) is 4.79 Å². The lowest BCUT2D eigenvalue weighted by molar-refractivity contribution is -0.130. The molecule has 6 nitrogen and oxygen atoms in total. The summed E-state index contributed by atoms with van der Waals surface area (Å²) in [5.74, 6) is -0.157. The average molecular weight is 426 g/mol. The molecule has 0 radical (unpaired) electrons. The van der Waals surface area contributed by atoms with Gasteiger partial charge in [0.25, 0.3) is 0 Å². The molecule has 0 bridgehead atoms. The second kappa shape index (κ2) is 12.3. The van der Waals surface area contributed by atoms with Gasteiger partial charge in [0.1, 0.15) is 4.88 Å². The van der Waals surface area contributed by atoms with Crippen LogP contribution in [0, 0.1) is 0 Å². The molecule has 2 rings (SSSR count). The largest absolute Gasteiger partial charge is 0.459 e. The van der Waals surface area contributed by atoms with E-state index >= 15 is 0 Å². The fraction of sp³-hybridized carbons (Fsp3) is 0.727. The third-order valence-corrected chi connectivity index (χ3v) is 6.10. The highest BCUT2D eigenvalue weighted by Gasteiger charge is 2.31. The number of esters is 1. The van der Waals surface area contributed by atoms with Crippen molar-refractivity contribution in [2.75, 3.05) is 13.2 Å². The zero-order chi connectivity index (χ0) is 21.2. The van der Waals surface area contributed by atoms with E-state index in [0.29, 0.717) is 37.5 Å². The fourth-order valence-electron chi connectivity index (χ4n) is 3.47. The van der Waals surface area contributed by atoms with Crippen LogP contribution in [0.4, 0.5) is 0 Å². The number of carbonyl (C=O) groups excluding carboxylic acids is 2. The van der Waals surface area contributed by atoms with E-state index in [2.05, 4.69) is 6.92 Å². The maximum absolute atomic E-state index is 12.2. The Balaban J connectivity index is 1.74. The van der Waals surface area contributed by atoms with Gasteiger partial charge in [0.05, 0.1) is 31.5 Å². The number of unbranched alkanes of at least 4 members (excludes halogenated alkanes) is 2. The van der Waals surface area contributed by atoms with Gasteiger partial charge in [0.15, 0.2) is 0 Å². The van der Waals surface area contributed by atoms with Crippen LogP contribution in [0.5, 0.6) is 0 Å². The lowest BCUT2D eigenvalue weighted by Crippen LogP contribution is -2.38. The van der Waals surface area contributed by atoms with E-state index in [1.165, 1.54) is 11.3 Å². The molecule has 164 valence electrons. The number of aliphatic hydroxyl groups excluding tert-OH is 1. The zero-order valence-electron chi connectivity index (χ0n) is 17.9. The second-order valence-corrected chi connectivity index (χ2v) is 9.12. The van der Waals surface area contributed by atoms with E-state index < -0.39 is 0 Å². The van der Waals surface area contributed by atoms with Crippen LogP contribution in [0.15, 0.2) is 12.1 Å². The van der Waals surface area contributed by atoms with Crippen molar-refractivity contribution < 1.29 is 24.2 Å². The number of hydrogen-bond donors (Lipinski definition) is 1. The summed E-state index contributed by atoms with van der Waals surface area (Å²) in [6.07, 6.45) is 5.59. The van der Waals surface area contributed by atoms with E-state index in [0.717, 1.165) is 37.0 Å². The normalized spacial score (nSPS) is 17.9. The Hall–Kier alpha value is -1.44. The molecule has 0 aliphatic carbocycles. The summed E-state index contributed by atoms with van der Waals surface area (Å²) in [5, 5.41) is 10.1. The van der Waals surface area contributed by atoms with Crippen LogP contribution in [0.1, 0.15) is 80.3 Å². The van der Waals surface area contributed by atoms with Crippen LogP contribution < -0.4 is 0 Å². The van der Waals surface area contributed by atoms with Crippen LogP contribution in [-0.2, 0) is 20.9 Å². The Morgan fingerprint density at radius 1 is 1.31 bits per heavy atom. The van der Waals surface area contributed by atoms with Gasteiger partial charge < -0.3 is 19.5 Å². The molecule has 1 fully saturated rings. The summed E-state index contributed by atoms with van der Waals surface area (Å²) in [5.41, 5.74) is 0. The minimum absolute atomic E-state index is 0.0654. The third kappa shape index (κ3) is 8.07. The molecule has 1 aliphatic heterocycles. The zero-order valence-corrected chi connectivity index (χ0v) is 18.7. The molecule has 1 aromatic heterocycles. The minimum Gasteiger partial charge on any atom is -0.459 e. The summed E-state index contributed by atoms with van der Waals surface area (Å²) >= 11 is 1.38. The van der Waals surface area contributed by atoms with Crippen molar-refractivity contribution in [3.63, 3.8) is 0 Å². The Labute approximate surface area is 178 Å². The highest BCUT2D eigenvalue weighted by atomic mass is 32.1. The van der Waals surface area contributed by atoms with Crippen molar-refractivity contribution in [3.8, 4) is 0 Å². The van der Waals surface area contributed by atoms with Crippen LogP contribution >= 0.6 is 11.3 Å². The SMILES string of the molecule is CCCCC[C@H](O)CCN1C(=O)CC[C@@H]1COCc1ccc(C(=O)OC(C)C)s1. The number of thiophene rings is 1. The van der Waals surface area contributed by atoms with Crippen molar-refractivity contribution in [2.24, 2.45) is 0 Å². The molecular weight excluding hydrogens is 390 g/mol. The van der Waals surface area contributed by atoms with Gasteiger partial charge in [-0.05, 0) is 45.2 Å². The van der Waals surface area contributed by atoms with Gasteiger partial charge in [0.2, 0.25) is 5.91 Å². The molecule has 2 atom stereocenters. The molecule has 1 aliphatic rings. The molecule has 1 amide bonds. The first-order valence-electron chi connectivity index (χ1n) is 10.8. The Morgan fingerprint density at radius 2 is 2.10 bits per heavy atom. The van der Waals surface area contributed by atoms with E-state index in [-0.39, 0.29) is 30.1 Å². The number of rotatable bonds is 13. The molecule has 1 saturated heterocycles. The maximum atomic E-state index is 12.2. The Kier molecular flexibility index (Phi) is 10.1. The second-order valence-electron chi connectivity index (χ2n) is 7.95. The smallest absolute Gasteiger partial charge is 0.348 e. The van der Waals surface area contributed by atoms with Crippen LogP contribution in [0.3, 0.4) is 0 Å². The number of amides is 1. The van der Waals surface area contributed by atoms with E-state index in [4.69, 9.17) is 9.47 Å². The first-order chi connectivity index (χ1) is 13.9. The topological polar surface area (TPSA) is 76.1 Å². The van der Waals surface area contributed by atoms with Gasteiger partial charge in [-0.1, -0.05) is 26.2 Å². The number of ether oxygens (including phenoxy) is 2. The van der Waals surface area contributed by atoms with E-state index in [1.54, 1.807) is 6.07 Å². The van der Waals surface area contributed by atoms with Crippen molar-refractivity contribution in [1.29, 1.82) is 0 Å². The third-order valence-electron chi connectivity index (χ3n) is 5.06. The predicted molar refractivity (Wildman–Crippen MR) is 114 cm³/mol. The molecule has 1 N–H and O–H groups in total. The molecular formula is C22H35NO5S. The van der Waals surface area contributed by atoms with E-state index in [9.17, 15) is 14.7 Å². The van der Waals surface area contributed by atoms with Crippen molar-refractivity contribution >= 4 is 23.2 Å². The van der Waals surface area contributed by atoms with Crippen LogP contribution in [0.25, 0.3) is 0 Å². The van der Waals surface area contributed by atoms with Crippen molar-refractivity contribution in [3.05, 3.63) is 21.9 Å². The highest BCUT2D eigenvalue weighted by Crippen LogP contribution is 2.22. The summed E-state index contributed by atoms with van der Waals surface area (Å²) in [6.45, 7) is 7.28. The molecule has 0 spiro atoms. The summed E-state index contributed by atoms with van der Waals surface area (Å²) in [4.78, 5) is 27.5. The molecule has 0 aromatic carbocycles. The Bertz CT molecular complexity index is 645. The molecule has 29 heavy (non-hydrogen) atoms. The molecule has 0 unspecified atom stereocenters. The maximum Gasteiger partial charge on any atom is 0.348 e. The summed E-state index contributed by atoms with van der Waals surface area (Å²) < 4.78 is 11.0. The first kappa shape index (κ1) is 23.8. The number of likely N-dealkylation sites (tertiary alicyclic amines) is 1. The predicted octanol–water partition coefficient (Wildman–Crippen LogP) is 4.15. The summed E-state index contributed by atoms with van der Waals surface area (Å²) in [7, 11) is 0. The quantitative estimate of drug-likeness (QED) is 0.379. The standard InChI is InChI=1S/C22H35NO5S/c1-4-5-6-7-18(24)12-13-23-17(8-11-21(23)25)14-27-15-19-9-10-20(29-19)22(26)28-16(2)3/h9-10,16-18,24H,4-8,11-15H2,1-3H3/t17-,18+/m1/s1. The molecule has 2 heterocycles. The molecule has 0 saturated carbocycles. The van der Waals surface area contributed by atoms with Gasteiger partial charge in [0, 0.05) is 17.8 Å². The first-order valence-corrected chi connectivity index (χ1v) is 11.6. The highest BCUT2D eigenvalue weighted by molar-refractivity contribution is 7.13. The number of carbonyl (C=O) groups is 2. The van der Waals surface area contributed by atoms with Gasteiger partial charge in [-0.25, -0.2) is 4.79 Å². The van der Waals surface area contributed by atoms with Gasteiger partial charge in [-0.15, -0.1) is 11.3 Å². The summed E-state index contributed by atoms with van der Waals surface area (Å²) in [6, 6.07) is 3.71. The van der Waals surface area contributed by atoms with Crippen LogP contribution in [-0.4, -0.2) is 53.3 Å². The number of hydrogen-bond acceptors (Lipinski definition) is 6. The van der Waals surface area contributed by atoms with Crippen LogP contribution in [0.2, 0.25) is 0 Å². The minimum atomic E-state index is -0.341. The number of nitrogens with zero attached hydrogens (tertiary/aromatic N) is 1. The van der Waals surface area contributed by atoms with Crippen molar-refractivity contribution in [1.82, 2.24) is 4.90 Å².